The fourth-order valence-corrected chi connectivity index (χ4v) is 5.41. The Kier molecular flexibility index (Phi) is 9.01. The molecule has 0 saturated heterocycles. The summed E-state index contributed by atoms with van der Waals surface area (Å²) in [5, 5.41) is 18.7. The van der Waals surface area contributed by atoms with Crippen molar-refractivity contribution < 1.29 is 19.4 Å². The number of rotatable bonds is 10. The van der Waals surface area contributed by atoms with Crippen LogP contribution < -0.4 is 0 Å². The van der Waals surface area contributed by atoms with Crippen molar-refractivity contribution in [3.63, 3.8) is 0 Å². The van der Waals surface area contributed by atoms with Crippen LogP contribution in [0.4, 0.5) is 0 Å². The first-order valence-electron chi connectivity index (χ1n) is 12.2. The van der Waals surface area contributed by atoms with Gasteiger partial charge in [0, 0.05) is 25.4 Å². The number of aryl methyl sites for hydroxylation is 4. The highest BCUT2D eigenvalue weighted by Gasteiger charge is 2.34. The Labute approximate surface area is 202 Å². The number of aliphatic hydroxyl groups is 1. The van der Waals surface area contributed by atoms with Crippen molar-refractivity contribution in [2.24, 2.45) is 11.8 Å². The van der Waals surface area contributed by atoms with Gasteiger partial charge in [-0.25, -0.2) is 0 Å². The molecule has 0 amide bonds. The molecule has 1 N–H and O–H groups in total. The van der Waals surface area contributed by atoms with Crippen LogP contribution in [-0.2, 0) is 40.0 Å². The van der Waals surface area contributed by atoms with Crippen LogP contribution >= 0.6 is 0 Å². The van der Waals surface area contributed by atoms with E-state index in [0.29, 0.717) is 36.5 Å². The van der Waals surface area contributed by atoms with E-state index in [1.54, 1.807) is 0 Å². The van der Waals surface area contributed by atoms with Gasteiger partial charge in [-0.3, -0.25) is 9.59 Å². The van der Waals surface area contributed by atoms with Gasteiger partial charge >= 0.3 is 5.97 Å². The molecule has 1 fully saturated rings. The minimum atomic E-state index is -0.286. The highest BCUT2D eigenvalue weighted by atomic mass is 16.5. The molecular weight excluding hydrogens is 426 g/mol. The molecule has 0 unspecified atom stereocenters. The number of nitriles is 1. The second-order valence-electron chi connectivity index (χ2n) is 9.48. The third-order valence-electron chi connectivity index (χ3n) is 7.22. The molecule has 1 aliphatic carbocycles. The highest BCUT2D eigenvalue weighted by Crippen LogP contribution is 2.35. The molecule has 2 aromatic rings. The molecular formula is C29H35NO4. The van der Waals surface area contributed by atoms with Crippen molar-refractivity contribution in [2.45, 2.75) is 65.2 Å². The van der Waals surface area contributed by atoms with E-state index in [4.69, 9.17) is 4.74 Å². The average Bonchev–Trinajstić information content (AvgIpc) is 3.17. The zero-order valence-corrected chi connectivity index (χ0v) is 20.5. The molecule has 1 saturated carbocycles. The lowest BCUT2D eigenvalue weighted by atomic mass is 9.84. The van der Waals surface area contributed by atoms with Crippen LogP contribution in [0, 0.1) is 37.0 Å². The van der Waals surface area contributed by atoms with Crippen LogP contribution in [0.1, 0.15) is 64.6 Å². The fraction of sp³-hybridized carbons (Fsp3) is 0.483. The smallest absolute Gasteiger partial charge is 0.305 e. The number of hydrogen-bond acceptors (Lipinski definition) is 5. The molecule has 180 valence electrons. The summed E-state index contributed by atoms with van der Waals surface area (Å²) >= 11 is 0. The molecule has 0 radical (unpaired) electrons. The number of carbonyl (C=O) groups is 2. The van der Waals surface area contributed by atoms with Crippen LogP contribution in [0.2, 0.25) is 0 Å². The van der Waals surface area contributed by atoms with Crippen LogP contribution in [-0.4, -0.2) is 30.6 Å². The third kappa shape index (κ3) is 6.33. The van der Waals surface area contributed by atoms with Gasteiger partial charge in [-0.05, 0) is 97.7 Å². The van der Waals surface area contributed by atoms with E-state index >= 15 is 0 Å². The van der Waals surface area contributed by atoms with Crippen molar-refractivity contribution in [1.82, 2.24) is 0 Å². The first-order valence-corrected chi connectivity index (χ1v) is 12.2. The van der Waals surface area contributed by atoms with Crippen LogP contribution in [0.15, 0.2) is 30.3 Å². The lowest BCUT2D eigenvalue weighted by Gasteiger charge is -2.20. The van der Waals surface area contributed by atoms with E-state index in [2.05, 4.69) is 32.0 Å². The predicted molar refractivity (Wildman–Crippen MR) is 131 cm³/mol. The Morgan fingerprint density at radius 1 is 1.12 bits per heavy atom. The predicted octanol–water partition coefficient (Wildman–Crippen LogP) is 4.59. The topological polar surface area (TPSA) is 87.4 Å². The summed E-state index contributed by atoms with van der Waals surface area (Å²) in [5.41, 5.74) is 7.43. The minimum Gasteiger partial charge on any atom is -0.469 e. The van der Waals surface area contributed by atoms with E-state index in [-0.39, 0.29) is 24.9 Å². The van der Waals surface area contributed by atoms with E-state index < -0.39 is 0 Å². The van der Waals surface area contributed by atoms with Gasteiger partial charge in [-0.1, -0.05) is 24.3 Å². The molecule has 2 atom stereocenters. The first kappa shape index (κ1) is 25.6. The molecule has 0 aliphatic heterocycles. The summed E-state index contributed by atoms with van der Waals surface area (Å²) in [6.45, 7) is 4.33. The molecule has 3 rings (SSSR count). The Morgan fingerprint density at radius 2 is 1.85 bits per heavy atom. The number of hydrogen-bond donors (Lipinski definition) is 1. The van der Waals surface area contributed by atoms with Crippen molar-refractivity contribution in [3.8, 4) is 6.07 Å². The van der Waals surface area contributed by atoms with E-state index in [1.165, 1.54) is 29.4 Å². The van der Waals surface area contributed by atoms with Crippen LogP contribution in [0.3, 0.4) is 0 Å². The Balaban J connectivity index is 1.69. The summed E-state index contributed by atoms with van der Waals surface area (Å²) in [6, 6.07) is 12.4. The van der Waals surface area contributed by atoms with E-state index in [0.717, 1.165) is 36.8 Å². The SMILES string of the molecule is COC(=O)CCc1cc(C[C@H]2CCC(=O)[C@@H]2CCc2cc(C)c(CCO)c(C)c2)ccc1C#N. The van der Waals surface area contributed by atoms with Crippen molar-refractivity contribution in [1.29, 1.82) is 5.26 Å². The van der Waals surface area contributed by atoms with Crippen LogP contribution in [0.5, 0.6) is 0 Å². The van der Waals surface area contributed by atoms with Crippen molar-refractivity contribution in [2.75, 3.05) is 13.7 Å². The monoisotopic (exact) mass is 461 g/mol. The number of methoxy groups -OCH3 is 1. The Morgan fingerprint density at radius 3 is 2.50 bits per heavy atom. The molecule has 5 heteroatoms. The number of ether oxygens (including phenoxy) is 1. The van der Waals surface area contributed by atoms with Gasteiger partial charge in [-0.15, -0.1) is 0 Å². The number of ketones is 1. The molecule has 5 nitrogen and oxygen atoms in total. The molecule has 0 bridgehead atoms. The minimum absolute atomic E-state index is 0.0480. The standard InChI is InChI=1S/C29H35NO4/c1-19-14-21(15-20(2)26(19)12-13-31)5-9-27-24(7-10-28(27)32)17-22-4-6-25(18-30)23(16-22)8-11-29(33)34-3/h4,6,14-16,24,27,31H,5,7-13,17H2,1-3H3/t24-,27-/m1/s1. The normalized spacial score (nSPS) is 17.6. The largest absolute Gasteiger partial charge is 0.469 e. The highest BCUT2D eigenvalue weighted by molar-refractivity contribution is 5.83. The average molecular weight is 462 g/mol. The van der Waals surface area contributed by atoms with Gasteiger partial charge in [0.2, 0.25) is 0 Å². The zero-order valence-electron chi connectivity index (χ0n) is 20.5. The van der Waals surface area contributed by atoms with Gasteiger partial charge in [-0.2, -0.15) is 5.26 Å². The quantitative estimate of drug-likeness (QED) is 0.523. The Bertz CT molecular complexity index is 1060. The lowest BCUT2D eigenvalue weighted by Crippen LogP contribution is -2.18. The second kappa shape index (κ2) is 11.9. The maximum absolute atomic E-state index is 12.7. The van der Waals surface area contributed by atoms with Gasteiger partial charge in [0.25, 0.3) is 0 Å². The zero-order chi connectivity index (χ0) is 24.7. The summed E-state index contributed by atoms with van der Waals surface area (Å²) in [4.78, 5) is 24.3. The maximum Gasteiger partial charge on any atom is 0.305 e. The lowest BCUT2D eigenvalue weighted by molar-refractivity contribution is -0.140. The summed E-state index contributed by atoms with van der Waals surface area (Å²) in [7, 11) is 1.37. The number of Topliss-reactive ketones (excluding diaryl/α,β-unsaturated/α-hetero) is 1. The number of nitrogens with zero attached hydrogens (tertiary/aromatic N) is 1. The first-order chi connectivity index (χ1) is 16.4. The number of esters is 1. The number of aliphatic hydroxyl groups excluding tert-OH is 1. The van der Waals surface area contributed by atoms with Gasteiger partial charge < -0.3 is 9.84 Å². The van der Waals surface area contributed by atoms with Crippen LogP contribution in [0.25, 0.3) is 0 Å². The summed E-state index contributed by atoms with van der Waals surface area (Å²) < 4.78 is 4.74. The van der Waals surface area contributed by atoms with E-state index in [9.17, 15) is 20.0 Å². The fourth-order valence-electron chi connectivity index (χ4n) is 5.41. The summed E-state index contributed by atoms with van der Waals surface area (Å²) in [6.07, 6.45) is 5.44. The summed E-state index contributed by atoms with van der Waals surface area (Å²) in [5.74, 6) is 0.414. The van der Waals surface area contributed by atoms with Gasteiger partial charge in [0.1, 0.15) is 5.78 Å². The molecule has 0 spiro atoms. The Hall–Kier alpha value is -2.97. The molecule has 1 aliphatic rings. The van der Waals surface area contributed by atoms with Crippen molar-refractivity contribution >= 4 is 11.8 Å². The molecule has 34 heavy (non-hydrogen) atoms. The van der Waals surface area contributed by atoms with Gasteiger partial charge in [0.05, 0.1) is 18.7 Å². The van der Waals surface area contributed by atoms with Crippen molar-refractivity contribution in [3.05, 3.63) is 69.3 Å². The molecule has 0 aromatic heterocycles. The number of benzene rings is 2. The molecule has 2 aromatic carbocycles. The molecule has 0 heterocycles. The number of carbonyl (C=O) groups excluding carboxylic acids is 2. The second-order valence-corrected chi connectivity index (χ2v) is 9.48. The van der Waals surface area contributed by atoms with Gasteiger partial charge in [0.15, 0.2) is 0 Å². The third-order valence-corrected chi connectivity index (χ3v) is 7.22. The maximum atomic E-state index is 12.7. The van der Waals surface area contributed by atoms with E-state index in [1.807, 2.05) is 18.2 Å².